The number of aliphatic hydroxyl groups excluding tert-OH is 1. The maximum Gasteiger partial charge on any atom is 0.343 e. The van der Waals surface area contributed by atoms with E-state index in [-0.39, 0.29) is 74.2 Å². The Morgan fingerprint density at radius 2 is 1.95 bits per heavy atom. The van der Waals surface area contributed by atoms with Crippen LogP contribution in [-0.2, 0) is 49.0 Å². The zero-order valence-corrected chi connectivity index (χ0v) is 24.1. The lowest BCUT2D eigenvalue weighted by atomic mass is 9.81. The van der Waals surface area contributed by atoms with Crippen LogP contribution in [0.3, 0.4) is 0 Å². The second-order valence-corrected chi connectivity index (χ2v) is 11.2. The second kappa shape index (κ2) is 11.4. The molecule has 0 bridgehead atoms. The third-order valence-corrected chi connectivity index (χ3v) is 8.79. The summed E-state index contributed by atoms with van der Waals surface area (Å²) in [5.41, 5.74) is 2.28. The number of pyridine rings is 2. The first kappa shape index (κ1) is 29.4. The Balaban J connectivity index is 1.39. The summed E-state index contributed by atoms with van der Waals surface area (Å²) in [6, 6.07) is 2.60. The van der Waals surface area contributed by atoms with Crippen LogP contribution in [0.15, 0.2) is 16.9 Å². The first-order valence-electron chi connectivity index (χ1n) is 14.6. The van der Waals surface area contributed by atoms with E-state index in [0.29, 0.717) is 48.5 Å². The van der Waals surface area contributed by atoms with Crippen LogP contribution in [0, 0.1) is 12.7 Å². The first-order valence-corrected chi connectivity index (χ1v) is 14.6. The highest BCUT2D eigenvalue weighted by Gasteiger charge is 2.46. The summed E-state index contributed by atoms with van der Waals surface area (Å²) >= 11 is 0. The van der Waals surface area contributed by atoms with Crippen LogP contribution >= 0.6 is 0 Å². The molecule has 0 unspecified atom stereocenters. The van der Waals surface area contributed by atoms with Crippen LogP contribution < -0.4 is 10.9 Å². The predicted molar refractivity (Wildman–Crippen MR) is 152 cm³/mol. The van der Waals surface area contributed by atoms with Gasteiger partial charge in [-0.25, -0.2) is 14.2 Å². The summed E-state index contributed by atoms with van der Waals surface area (Å²) < 4.78 is 32.4. The number of carbonyl (C=O) groups is 2. The van der Waals surface area contributed by atoms with Crippen molar-refractivity contribution < 1.29 is 38.4 Å². The van der Waals surface area contributed by atoms with Gasteiger partial charge in [-0.1, -0.05) is 6.92 Å². The highest BCUT2D eigenvalue weighted by molar-refractivity contribution is 5.94. The Bertz CT molecular complexity index is 1700. The van der Waals surface area contributed by atoms with E-state index in [1.165, 1.54) is 6.07 Å². The molecule has 0 saturated carbocycles. The van der Waals surface area contributed by atoms with E-state index >= 15 is 4.39 Å². The molecule has 0 radical (unpaired) electrons. The van der Waals surface area contributed by atoms with E-state index in [1.54, 1.807) is 24.5 Å². The number of amides is 1. The molecule has 12 heteroatoms. The van der Waals surface area contributed by atoms with E-state index in [0.717, 1.165) is 22.1 Å². The molecule has 0 spiro atoms. The highest BCUT2D eigenvalue weighted by atomic mass is 19.1. The maximum absolute atomic E-state index is 15.1. The lowest BCUT2D eigenvalue weighted by Crippen LogP contribution is -2.44. The quantitative estimate of drug-likeness (QED) is 0.185. The Labute approximate surface area is 246 Å². The fourth-order valence-corrected chi connectivity index (χ4v) is 6.52. The van der Waals surface area contributed by atoms with Crippen molar-refractivity contribution in [2.24, 2.45) is 0 Å². The lowest BCUT2D eigenvalue weighted by molar-refractivity contribution is -0.172. The molecule has 1 aromatic carbocycles. The van der Waals surface area contributed by atoms with Gasteiger partial charge in [-0.3, -0.25) is 9.59 Å². The number of nitrogens with zero attached hydrogens (tertiary/aromatic N) is 2. The number of ether oxygens (including phenoxy) is 3. The highest BCUT2D eigenvalue weighted by Crippen LogP contribution is 2.45. The van der Waals surface area contributed by atoms with E-state index in [1.807, 2.05) is 0 Å². The molecule has 2 atom stereocenters. The molecule has 1 amide bonds. The molecule has 2 aliphatic heterocycles. The van der Waals surface area contributed by atoms with Crippen LogP contribution in [-0.4, -0.2) is 64.7 Å². The average molecular weight is 596 g/mol. The van der Waals surface area contributed by atoms with Gasteiger partial charge in [0.1, 0.15) is 12.4 Å². The van der Waals surface area contributed by atoms with Crippen molar-refractivity contribution in [3.8, 4) is 11.4 Å². The second-order valence-electron chi connectivity index (χ2n) is 11.2. The molecule has 43 heavy (non-hydrogen) atoms. The molecule has 2 aromatic heterocycles. The van der Waals surface area contributed by atoms with E-state index in [2.05, 4.69) is 5.32 Å². The number of fused-ring (bicyclic) bond motifs is 5. The SMILES string of the molecule is CC[C@@]1(O)C(=O)OCc2c1cc1n(c2=O)Cc2c-1nc1cc(F)c(C)c3c1c2[C@@H](NC(=O)CCOCCOCCO)CC3. The molecule has 0 fully saturated rings. The Kier molecular flexibility index (Phi) is 7.80. The summed E-state index contributed by atoms with van der Waals surface area (Å²) in [7, 11) is 0. The number of aromatic nitrogens is 2. The van der Waals surface area contributed by atoms with Crippen molar-refractivity contribution in [3.63, 3.8) is 0 Å². The largest absolute Gasteiger partial charge is 0.458 e. The fraction of sp³-hybridized carbons (Fsp3) is 0.484. The molecule has 3 aliphatic rings. The lowest BCUT2D eigenvalue weighted by Gasteiger charge is -2.31. The van der Waals surface area contributed by atoms with E-state index < -0.39 is 17.6 Å². The Morgan fingerprint density at radius 3 is 2.70 bits per heavy atom. The summed E-state index contributed by atoms with van der Waals surface area (Å²) in [5, 5.41) is 23.9. The van der Waals surface area contributed by atoms with Gasteiger partial charge >= 0.3 is 5.97 Å². The predicted octanol–water partition coefficient (Wildman–Crippen LogP) is 2.05. The van der Waals surface area contributed by atoms with Gasteiger partial charge in [-0.05, 0) is 48.9 Å². The third-order valence-electron chi connectivity index (χ3n) is 8.79. The minimum atomic E-state index is -1.96. The fourth-order valence-electron chi connectivity index (χ4n) is 6.52. The topological polar surface area (TPSA) is 149 Å². The standard InChI is InChI=1S/C31H34FN3O8/c1-3-31(40)20-12-24-28-18(14-35(24)29(38)19(20)15-43-30(31)39)27-22(33-25(37)6-8-41-10-11-42-9-7-36)5-4-17-16(2)21(32)13-23(34-28)26(17)27/h12-13,22,36,40H,3-11,14-15H2,1-2H3,(H,33,37)/t22-,31-/m0/s1. The number of cyclic esters (lactones) is 1. The number of hydrogen-bond acceptors (Lipinski definition) is 9. The van der Waals surface area contributed by atoms with Crippen LogP contribution in [0.5, 0.6) is 0 Å². The zero-order chi connectivity index (χ0) is 30.5. The van der Waals surface area contributed by atoms with Gasteiger partial charge in [0, 0.05) is 29.0 Å². The molecule has 4 heterocycles. The van der Waals surface area contributed by atoms with Crippen molar-refractivity contribution in [1.82, 2.24) is 14.9 Å². The van der Waals surface area contributed by atoms with Crippen molar-refractivity contribution in [3.05, 3.63) is 61.7 Å². The summed E-state index contributed by atoms with van der Waals surface area (Å²) in [6.45, 7) is 4.28. The molecular weight excluding hydrogens is 561 g/mol. The van der Waals surface area contributed by atoms with E-state index in [9.17, 15) is 19.5 Å². The Hall–Kier alpha value is -3.71. The van der Waals surface area contributed by atoms with Crippen molar-refractivity contribution in [2.45, 2.75) is 64.3 Å². The minimum absolute atomic E-state index is 0.0202. The zero-order valence-electron chi connectivity index (χ0n) is 24.1. The van der Waals surface area contributed by atoms with Crippen molar-refractivity contribution in [2.75, 3.05) is 33.0 Å². The van der Waals surface area contributed by atoms with Gasteiger partial charge in [-0.15, -0.1) is 0 Å². The molecule has 11 nitrogen and oxygen atoms in total. The average Bonchev–Trinajstić information content (AvgIpc) is 3.36. The number of hydrogen-bond donors (Lipinski definition) is 3. The molecule has 6 rings (SSSR count). The summed E-state index contributed by atoms with van der Waals surface area (Å²) in [4.78, 5) is 44.1. The number of halogens is 1. The van der Waals surface area contributed by atoms with Crippen LogP contribution in [0.2, 0.25) is 0 Å². The van der Waals surface area contributed by atoms with Gasteiger partial charge in [0.15, 0.2) is 5.60 Å². The molecule has 3 N–H and O–H groups in total. The minimum Gasteiger partial charge on any atom is -0.458 e. The summed E-state index contributed by atoms with van der Waals surface area (Å²) in [6.07, 6.45) is 1.22. The van der Waals surface area contributed by atoms with Crippen molar-refractivity contribution >= 4 is 22.8 Å². The Morgan fingerprint density at radius 1 is 1.19 bits per heavy atom. The van der Waals surface area contributed by atoms with Crippen LogP contribution in [0.1, 0.15) is 65.6 Å². The molecule has 228 valence electrons. The molecule has 3 aromatic rings. The number of nitrogens with one attached hydrogen (secondary N) is 1. The van der Waals surface area contributed by atoms with Crippen LogP contribution in [0.25, 0.3) is 22.3 Å². The van der Waals surface area contributed by atoms with Gasteiger partial charge in [0.2, 0.25) is 5.91 Å². The molecular formula is C31H34FN3O8. The number of carbonyl (C=O) groups excluding carboxylic acids is 2. The normalized spacial score (nSPS) is 20.0. The first-order chi connectivity index (χ1) is 20.7. The number of benzene rings is 1. The summed E-state index contributed by atoms with van der Waals surface area (Å²) in [5.74, 6) is -1.40. The van der Waals surface area contributed by atoms with Gasteiger partial charge in [-0.2, -0.15) is 0 Å². The number of rotatable bonds is 10. The van der Waals surface area contributed by atoms with Gasteiger partial charge < -0.3 is 34.3 Å². The third kappa shape index (κ3) is 4.82. The smallest absolute Gasteiger partial charge is 0.343 e. The molecule has 1 aliphatic carbocycles. The maximum atomic E-state index is 15.1. The van der Waals surface area contributed by atoms with Crippen molar-refractivity contribution in [1.29, 1.82) is 0 Å². The van der Waals surface area contributed by atoms with Crippen LogP contribution in [0.4, 0.5) is 4.39 Å². The molecule has 0 saturated heterocycles. The van der Waals surface area contributed by atoms with Gasteiger partial charge in [0.05, 0.1) is 68.1 Å². The van der Waals surface area contributed by atoms with Gasteiger partial charge in [0.25, 0.3) is 5.56 Å². The number of aryl methyl sites for hydroxylation is 1. The van der Waals surface area contributed by atoms with E-state index in [4.69, 9.17) is 24.3 Å². The number of esters is 1. The monoisotopic (exact) mass is 595 g/mol. The number of aliphatic hydroxyl groups is 2.